The van der Waals surface area contributed by atoms with Crippen LogP contribution in [0.1, 0.15) is 12.5 Å². The summed E-state index contributed by atoms with van der Waals surface area (Å²) < 4.78 is 0. The number of nitrogens with zero attached hydrogens (tertiary/aromatic N) is 3. The molecule has 1 aromatic rings. The van der Waals surface area contributed by atoms with Crippen LogP contribution >= 0.6 is 11.8 Å². The Morgan fingerprint density at radius 2 is 2.40 bits per heavy atom. The topological polar surface area (TPSA) is 28.5 Å². The number of hydrogen-bond donors (Lipinski definition) is 0. The van der Waals surface area contributed by atoms with Crippen LogP contribution in [0.15, 0.2) is 29.5 Å². The second kappa shape index (κ2) is 6.45. The molecule has 1 aromatic heterocycles. The van der Waals surface area contributed by atoms with Crippen LogP contribution in [0.2, 0.25) is 0 Å². The minimum absolute atomic E-state index is 0.873. The van der Waals surface area contributed by atoms with Gasteiger partial charge in [-0.05, 0) is 24.8 Å². The summed E-state index contributed by atoms with van der Waals surface area (Å²) >= 11 is 1.68. The lowest BCUT2D eigenvalue weighted by molar-refractivity contribution is 0.443. The second-order valence-corrected chi connectivity index (χ2v) is 3.86. The highest BCUT2D eigenvalue weighted by atomic mass is 32.2. The fourth-order valence-corrected chi connectivity index (χ4v) is 2.02. The zero-order valence-electron chi connectivity index (χ0n) is 9.47. The molecule has 0 radical (unpaired) electrons. The Balaban J connectivity index is 2.70. The van der Waals surface area contributed by atoms with Gasteiger partial charge in [0.05, 0.1) is 0 Å². The van der Waals surface area contributed by atoms with E-state index in [0.29, 0.717) is 0 Å². The number of thioether (sulfide) groups is 1. The first-order chi connectivity index (χ1) is 7.31. The van der Waals surface area contributed by atoms with E-state index in [2.05, 4.69) is 27.9 Å². The summed E-state index contributed by atoms with van der Waals surface area (Å²) in [6.07, 6.45) is 5.74. The Kier molecular flexibility index (Phi) is 5.18. The molecule has 0 spiro atoms. The molecule has 82 valence electrons. The minimum atomic E-state index is 0.873. The molecule has 1 heterocycles. The lowest BCUT2D eigenvalue weighted by Crippen LogP contribution is -2.27. The van der Waals surface area contributed by atoms with E-state index in [9.17, 15) is 0 Å². The normalized spacial score (nSPS) is 11.5. The molecule has 0 fully saturated rings. The van der Waals surface area contributed by atoms with E-state index in [1.54, 1.807) is 18.0 Å². The van der Waals surface area contributed by atoms with Crippen LogP contribution in [-0.2, 0) is 6.54 Å². The van der Waals surface area contributed by atoms with Gasteiger partial charge in [0.15, 0.2) is 5.17 Å². The fraction of sp³-hybridized carbons (Fsp3) is 0.455. The van der Waals surface area contributed by atoms with Gasteiger partial charge in [-0.15, -0.1) is 0 Å². The Bertz CT molecular complexity index is 311. The smallest absolute Gasteiger partial charge is 0.158 e. The first-order valence-electron chi connectivity index (χ1n) is 4.96. The molecule has 0 saturated heterocycles. The summed E-state index contributed by atoms with van der Waals surface area (Å²) in [5.41, 5.74) is 1.22. The van der Waals surface area contributed by atoms with E-state index in [-0.39, 0.29) is 0 Å². The van der Waals surface area contributed by atoms with Crippen LogP contribution < -0.4 is 0 Å². The Morgan fingerprint density at radius 3 is 2.87 bits per heavy atom. The highest BCUT2D eigenvalue weighted by Crippen LogP contribution is 2.09. The molecular formula is C11H17N3S. The van der Waals surface area contributed by atoms with Crippen LogP contribution in [0.5, 0.6) is 0 Å². The SMILES string of the molecule is CCN(Cc1cccnc1)C(=NC)SC. The highest BCUT2D eigenvalue weighted by Gasteiger charge is 2.07. The molecule has 0 bridgehead atoms. The van der Waals surface area contributed by atoms with Gasteiger partial charge in [0.25, 0.3) is 0 Å². The molecule has 0 saturated carbocycles. The van der Waals surface area contributed by atoms with Crippen molar-refractivity contribution < 1.29 is 0 Å². The van der Waals surface area contributed by atoms with Gasteiger partial charge < -0.3 is 4.90 Å². The van der Waals surface area contributed by atoms with Crippen LogP contribution in [0, 0.1) is 0 Å². The molecule has 0 aliphatic carbocycles. The van der Waals surface area contributed by atoms with E-state index in [1.807, 2.05) is 25.6 Å². The average Bonchev–Trinajstić information content (AvgIpc) is 2.30. The van der Waals surface area contributed by atoms with Crippen LogP contribution in [0.4, 0.5) is 0 Å². The lowest BCUT2D eigenvalue weighted by atomic mass is 10.3. The van der Waals surface area contributed by atoms with Crippen molar-refractivity contribution in [2.24, 2.45) is 4.99 Å². The zero-order chi connectivity index (χ0) is 11.1. The predicted molar refractivity (Wildman–Crippen MR) is 67.2 cm³/mol. The third-order valence-corrected chi connectivity index (χ3v) is 2.93. The number of aliphatic imine (C=N–C) groups is 1. The van der Waals surface area contributed by atoms with Crippen LogP contribution in [0.3, 0.4) is 0 Å². The summed E-state index contributed by atoms with van der Waals surface area (Å²) in [4.78, 5) is 10.6. The van der Waals surface area contributed by atoms with E-state index in [0.717, 1.165) is 18.3 Å². The van der Waals surface area contributed by atoms with Crippen molar-refractivity contribution in [3.05, 3.63) is 30.1 Å². The van der Waals surface area contributed by atoms with Crippen molar-refractivity contribution in [3.8, 4) is 0 Å². The largest absolute Gasteiger partial charge is 0.347 e. The van der Waals surface area contributed by atoms with Crippen molar-refractivity contribution in [2.45, 2.75) is 13.5 Å². The van der Waals surface area contributed by atoms with Gasteiger partial charge in [-0.2, -0.15) is 0 Å². The van der Waals surface area contributed by atoms with Crippen molar-refractivity contribution in [2.75, 3.05) is 19.8 Å². The van der Waals surface area contributed by atoms with Gasteiger partial charge >= 0.3 is 0 Å². The average molecular weight is 223 g/mol. The Hall–Kier alpha value is -1.03. The highest BCUT2D eigenvalue weighted by molar-refractivity contribution is 8.13. The maximum absolute atomic E-state index is 4.26. The number of amidine groups is 1. The molecule has 4 heteroatoms. The summed E-state index contributed by atoms with van der Waals surface area (Å²) in [5, 5.41) is 1.07. The van der Waals surface area contributed by atoms with Crippen molar-refractivity contribution in [1.82, 2.24) is 9.88 Å². The quantitative estimate of drug-likeness (QED) is 0.581. The zero-order valence-corrected chi connectivity index (χ0v) is 10.3. The van der Waals surface area contributed by atoms with E-state index in [4.69, 9.17) is 0 Å². The van der Waals surface area contributed by atoms with Gasteiger partial charge in [-0.3, -0.25) is 9.98 Å². The number of hydrogen-bond acceptors (Lipinski definition) is 3. The van der Waals surface area contributed by atoms with Crippen molar-refractivity contribution in [3.63, 3.8) is 0 Å². The molecule has 0 unspecified atom stereocenters. The predicted octanol–water partition coefficient (Wildman–Crippen LogP) is 2.25. The Labute approximate surface area is 95.6 Å². The van der Waals surface area contributed by atoms with Crippen LogP contribution in [-0.4, -0.2) is 34.9 Å². The number of rotatable bonds is 3. The van der Waals surface area contributed by atoms with E-state index >= 15 is 0 Å². The molecular weight excluding hydrogens is 206 g/mol. The van der Waals surface area contributed by atoms with E-state index in [1.165, 1.54) is 5.56 Å². The third-order valence-electron chi connectivity index (χ3n) is 2.12. The molecule has 0 aliphatic rings. The first kappa shape index (κ1) is 12.0. The number of pyridine rings is 1. The Morgan fingerprint density at radius 1 is 1.60 bits per heavy atom. The maximum Gasteiger partial charge on any atom is 0.158 e. The summed E-state index contributed by atoms with van der Waals surface area (Å²) in [7, 11) is 1.83. The minimum Gasteiger partial charge on any atom is -0.347 e. The molecule has 0 aromatic carbocycles. The van der Waals surface area contributed by atoms with Crippen molar-refractivity contribution in [1.29, 1.82) is 0 Å². The fourth-order valence-electron chi connectivity index (χ4n) is 1.39. The molecule has 0 aliphatic heterocycles. The van der Waals surface area contributed by atoms with Gasteiger partial charge in [0.1, 0.15) is 0 Å². The first-order valence-corrected chi connectivity index (χ1v) is 6.19. The van der Waals surface area contributed by atoms with Gasteiger partial charge in [-0.25, -0.2) is 0 Å². The molecule has 1 rings (SSSR count). The molecule has 0 N–H and O–H groups in total. The van der Waals surface area contributed by atoms with Crippen molar-refractivity contribution >= 4 is 16.9 Å². The second-order valence-electron chi connectivity index (χ2n) is 3.09. The molecule has 0 atom stereocenters. The number of aromatic nitrogens is 1. The lowest BCUT2D eigenvalue weighted by Gasteiger charge is -2.22. The summed E-state index contributed by atoms with van der Waals surface area (Å²) in [6.45, 7) is 3.97. The van der Waals surface area contributed by atoms with Gasteiger partial charge in [0.2, 0.25) is 0 Å². The monoisotopic (exact) mass is 223 g/mol. The third kappa shape index (κ3) is 3.55. The molecule has 15 heavy (non-hydrogen) atoms. The molecule has 3 nitrogen and oxygen atoms in total. The summed E-state index contributed by atoms with van der Waals surface area (Å²) in [5.74, 6) is 0. The van der Waals surface area contributed by atoms with E-state index < -0.39 is 0 Å². The maximum atomic E-state index is 4.26. The molecule has 0 amide bonds. The van der Waals surface area contributed by atoms with Gasteiger partial charge in [-0.1, -0.05) is 17.8 Å². The van der Waals surface area contributed by atoms with Crippen LogP contribution in [0.25, 0.3) is 0 Å². The van der Waals surface area contributed by atoms with Gasteiger partial charge in [0, 0.05) is 32.5 Å². The summed E-state index contributed by atoms with van der Waals surface area (Å²) in [6, 6.07) is 4.05. The standard InChI is InChI=1S/C11H17N3S/c1-4-14(11(12-2)15-3)9-10-6-5-7-13-8-10/h5-8H,4,9H2,1-3H3.